The summed E-state index contributed by atoms with van der Waals surface area (Å²) in [6.45, 7) is 0. The average Bonchev–Trinajstić information content (AvgIpc) is 2.79. The number of methoxy groups -OCH3 is 1. The topological polar surface area (TPSA) is 83.5 Å². The van der Waals surface area contributed by atoms with Crippen LogP contribution in [0.15, 0.2) is 40.9 Å². The van der Waals surface area contributed by atoms with Crippen LogP contribution in [0.1, 0.15) is 0 Å². The summed E-state index contributed by atoms with van der Waals surface area (Å²) in [4.78, 5) is 0. The van der Waals surface area contributed by atoms with E-state index < -0.39 is 15.6 Å². The first-order valence-corrected chi connectivity index (χ1v) is 7.08. The van der Waals surface area contributed by atoms with Crippen LogP contribution in [0.3, 0.4) is 0 Å². The van der Waals surface area contributed by atoms with E-state index in [0.29, 0.717) is 5.95 Å². The predicted molar refractivity (Wildman–Crippen MR) is 67.6 cm³/mol. The molecule has 10 heteroatoms. The van der Waals surface area contributed by atoms with Crippen molar-refractivity contribution in [1.82, 2.24) is 0 Å². The van der Waals surface area contributed by atoms with Crippen LogP contribution in [0.4, 0.5) is 13.2 Å². The lowest BCUT2D eigenvalue weighted by atomic mass is 10.2. The van der Waals surface area contributed by atoms with Crippen molar-refractivity contribution in [3.8, 4) is 17.4 Å². The SMILES string of the molecule is COc1c[n+](C)c(-c2ccccc2)o1.O=S(=O)([O-])C(F)(F)F. The van der Waals surface area contributed by atoms with Crippen LogP contribution in [0.25, 0.3) is 11.5 Å². The van der Waals surface area contributed by atoms with Gasteiger partial charge >= 0.3 is 17.3 Å². The van der Waals surface area contributed by atoms with Crippen LogP contribution < -0.4 is 9.30 Å². The first-order chi connectivity index (χ1) is 10.1. The van der Waals surface area contributed by atoms with E-state index in [1.165, 1.54) is 0 Å². The maximum absolute atomic E-state index is 10.7. The van der Waals surface area contributed by atoms with Crippen molar-refractivity contribution < 1.29 is 39.9 Å². The van der Waals surface area contributed by atoms with E-state index in [2.05, 4.69) is 0 Å². The first kappa shape index (κ1) is 18.0. The zero-order valence-corrected chi connectivity index (χ0v) is 12.3. The molecule has 2 aromatic rings. The van der Waals surface area contributed by atoms with Gasteiger partial charge in [-0.05, 0) is 12.1 Å². The van der Waals surface area contributed by atoms with Gasteiger partial charge in [-0.3, -0.25) is 0 Å². The van der Waals surface area contributed by atoms with Gasteiger partial charge in [0.25, 0.3) is 6.20 Å². The molecule has 0 saturated heterocycles. The van der Waals surface area contributed by atoms with E-state index in [1.54, 1.807) is 7.11 Å². The van der Waals surface area contributed by atoms with Crippen molar-refractivity contribution in [2.45, 2.75) is 5.51 Å². The fourth-order valence-electron chi connectivity index (χ4n) is 1.35. The fourth-order valence-corrected chi connectivity index (χ4v) is 1.35. The Morgan fingerprint density at radius 1 is 1.23 bits per heavy atom. The number of alkyl halides is 3. The number of ether oxygens (including phenoxy) is 1. The van der Waals surface area contributed by atoms with Gasteiger partial charge in [-0.1, -0.05) is 18.2 Å². The molecule has 0 aliphatic rings. The molecule has 0 spiro atoms. The summed E-state index contributed by atoms with van der Waals surface area (Å²) in [6.07, 6.45) is 1.81. The Bertz CT molecular complexity index is 710. The minimum Gasteiger partial charge on any atom is -0.741 e. The molecule has 0 bridgehead atoms. The summed E-state index contributed by atoms with van der Waals surface area (Å²) in [5.41, 5.74) is -4.61. The number of benzene rings is 1. The van der Waals surface area contributed by atoms with E-state index in [9.17, 15) is 13.2 Å². The maximum Gasteiger partial charge on any atom is 0.485 e. The molecule has 1 heterocycles. The molecule has 0 aliphatic heterocycles. The zero-order chi connectivity index (χ0) is 17.0. The predicted octanol–water partition coefficient (Wildman–Crippen LogP) is 1.83. The molecule has 0 N–H and O–H groups in total. The number of aryl methyl sites for hydroxylation is 1. The third-order valence-corrected chi connectivity index (χ3v) is 2.89. The second-order valence-electron chi connectivity index (χ2n) is 3.94. The van der Waals surface area contributed by atoms with E-state index in [1.807, 2.05) is 48.1 Å². The molecule has 122 valence electrons. The Labute approximate surface area is 124 Å². The molecule has 2 rings (SSSR count). The number of halogens is 3. The number of hydrogen-bond acceptors (Lipinski definition) is 5. The van der Waals surface area contributed by atoms with Gasteiger partial charge in [0.15, 0.2) is 10.1 Å². The summed E-state index contributed by atoms with van der Waals surface area (Å²) >= 11 is 0. The van der Waals surface area contributed by atoms with Gasteiger partial charge in [0.05, 0.1) is 12.7 Å². The lowest BCUT2D eigenvalue weighted by Gasteiger charge is -2.08. The molecule has 0 radical (unpaired) electrons. The number of rotatable bonds is 2. The van der Waals surface area contributed by atoms with Crippen LogP contribution in [-0.4, -0.2) is 25.6 Å². The molecule has 6 nitrogen and oxygen atoms in total. The van der Waals surface area contributed by atoms with Gasteiger partial charge in [-0.25, -0.2) is 8.42 Å². The Morgan fingerprint density at radius 3 is 2.09 bits per heavy atom. The highest BCUT2D eigenvalue weighted by atomic mass is 32.2. The Hall–Kier alpha value is -2.07. The van der Waals surface area contributed by atoms with Crippen LogP contribution in [0, 0.1) is 0 Å². The lowest BCUT2D eigenvalue weighted by molar-refractivity contribution is -0.662. The largest absolute Gasteiger partial charge is 0.741 e. The summed E-state index contributed by atoms with van der Waals surface area (Å²) in [7, 11) is -2.57. The molecule has 1 aromatic heterocycles. The molecule has 0 amide bonds. The van der Waals surface area contributed by atoms with Crippen molar-refractivity contribution >= 4 is 10.1 Å². The monoisotopic (exact) mass is 339 g/mol. The van der Waals surface area contributed by atoms with Crippen molar-refractivity contribution in [2.24, 2.45) is 7.05 Å². The Morgan fingerprint density at radius 2 is 1.73 bits per heavy atom. The van der Waals surface area contributed by atoms with E-state index in [-0.39, 0.29) is 0 Å². The number of aromatic nitrogens is 1. The van der Waals surface area contributed by atoms with Crippen molar-refractivity contribution in [1.29, 1.82) is 0 Å². The van der Waals surface area contributed by atoms with Gasteiger partial charge in [0.2, 0.25) is 0 Å². The van der Waals surface area contributed by atoms with Crippen LogP contribution in [0.2, 0.25) is 0 Å². The van der Waals surface area contributed by atoms with Gasteiger partial charge < -0.3 is 13.7 Å². The molecule has 0 saturated carbocycles. The highest BCUT2D eigenvalue weighted by Crippen LogP contribution is 2.21. The van der Waals surface area contributed by atoms with Gasteiger partial charge in [0.1, 0.15) is 7.05 Å². The number of oxazole rings is 1. The Kier molecular flexibility index (Phi) is 5.55. The first-order valence-electron chi connectivity index (χ1n) is 5.67. The van der Waals surface area contributed by atoms with Gasteiger partial charge in [0, 0.05) is 0 Å². The van der Waals surface area contributed by atoms with Gasteiger partial charge in [-0.2, -0.15) is 17.7 Å². The minimum absolute atomic E-state index is 0.520. The van der Waals surface area contributed by atoms with Crippen LogP contribution in [0.5, 0.6) is 5.95 Å². The highest BCUT2D eigenvalue weighted by molar-refractivity contribution is 7.86. The molecule has 0 unspecified atom stereocenters. The van der Waals surface area contributed by atoms with Crippen molar-refractivity contribution in [3.05, 3.63) is 36.5 Å². The minimum atomic E-state index is -6.09. The fraction of sp³-hybridized carbons (Fsp3) is 0.250. The van der Waals surface area contributed by atoms with Crippen LogP contribution >= 0.6 is 0 Å². The molecule has 0 atom stereocenters. The normalized spacial score (nSPS) is 11.5. The smallest absolute Gasteiger partial charge is 0.485 e. The molecule has 0 fully saturated rings. The third-order valence-electron chi connectivity index (χ3n) is 2.32. The maximum atomic E-state index is 10.7. The zero-order valence-electron chi connectivity index (χ0n) is 11.5. The number of nitrogens with zero attached hydrogens (tertiary/aromatic N) is 1. The van der Waals surface area contributed by atoms with Crippen LogP contribution in [-0.2, 0) is 17.2 Å². The quantitative estimate of drug-likeness (QED) is 0.473. The molecular weight excluding hydrogens is 327 g/mol. The average molecular weight is 339 g/mol. The lowest BCUT2D eigenvalue weighted by Crippen LogP contribution is -2.26. The standard InChI is InChI=1S/C11H12NO2.CHF3O3S/c1-12-8-10(13-2)14-11(12)9-6-4-3-5-7-9;2-1(3,4)8(5,6)7/h3-8H,1-2H3;(H,5,6,7)/q+1;/p-1. The van der Waals surface area contributed by atoms with E-state index >= 15 is 0 Å². The molecular formula is C12H12F3NO5S. The number of hydrogen-bond donors (Lipinski definition) is 0. The van der Waals surface area contributed by atoms with Crippen molar-refractivity contribution in [3.63, 3.8) is 0 Å². The summed E-state index contributed by atoms with van der Waals surface area (Å²) in [6, 6.07) is 9.93. The third kappa shape index (κ3) is 4.74. The molecule has 0 aliphatic carbocycles. The summed E-state index contributed by atoms with van der Waals surface area (Å²) < 4.78 is 71.3. The second-order valence-corrected chi connectivity index (χ2v) is 5.31. The molecule has 1 aromatic carbocycles. The second kappa shape index (κ2) is 6.79. The summed E-state index contributed by atoms with van der Waals surface area (Å²) in [5, 5.41) is 0. The van der Waals surface area contributed by atoms with Gasteiger partial charge in [-0.15, -0.1) is 0 Å². The Balaban J connectivity index is 0.000000261. The summed E-state index contributed by atoms with van der Waals surface area (Å²) in [5.74, 6) is 1.31. The van der Waals surface area contributed by atoms with E-state index in [0.717, 1.165) is 11.5 Å². The van der Waals surface area contributed by atoms with E-state index in [4.69, 9.17) is 22.1 Å². The molecule has 22 heavy (non-hydrogen) atoms. The van der Waals surface area contributed by atoms with Crippen molar-refractivity contribution in [2.75, 3.05) is 7.11 Å². The highest BCUT2D eigenvalue weighted by Gasteiger charge is 2.36.